The van der Waals surface area contributed by atoms with Crippen molar-refractivity contribution < 1.29 is 4.74 Å². The molecule has 0 bridgehead atoms. The normalized spacial score (nSPS) is 28.7. The zero-order valence-corrected chi connectivity index (χ0v) is 9.92. The minimum atomic E-state index is -0.0964. The Bertz CT molecular complexity index is 539. The molecule has 0 aliphatic carbocycles. The summed E-state index contributed by atoms with van der Waals surface area (Å²) >= 11 is 0. The zero-order chi connectivity index (χ0) is 11.9. The number of ether oxygens (including phenoxy) is 1. The summed E-state index contributed by atoms with van der Waals surface area (Å²) in [4.78, 5) is 4.33. The second-order valence-corrected chi connectivity index (χ2v) is 4.64. The summed E-state index contributed by atoms with van der Waals surface area (Å²) < 4.78 is 7.45. The van der Waals surface area contributed by atoms with Gasteiger partial charge in [0.25, 0.3) is 0 Å². The molecule has 0 saturated carbocycles. The first-order valence-electron chi connectivity index (χ1n) is 5.73. The van der Waals surface area contributed by atoms with Gasteiger partial charge in [-0.05, 0) is 20.3 Å². The highest BCUT2D eigenvalue weighted by atomic mass is 16.5. The maximum atomic E-state index is 5.60. The van der Waals surface area contributed by atoms with Gasteiger partial charge < -0.3 is 10.1 Å². The molecule has 1 saturated heterocycles. The third-order valence-electron chi connectivity index (χ3n) is 3.51. The smallest absolute Gasteiger partial charge is 0.203 e. The van der Waals surface area contributed by atoms with Gasteiger partial charge in [0.15, 0.2) is 5.82 Å². The highest BCUT2D eigenvalue weighted by Gasteiger charge is 2.37. The van der Waals surface area contributed by atoms with Crippen LogP contribution in [0, 0.1) is 0 Å². The molecule has 1 aliphatic rings. The maximum absolute atomic E-state index is 5.60. The number of rotatable bonds is 2. The van der Waals surface area contributed by atoms with E-state index >= 15 is 0 Å². The van der Waals surface area contributed by atoms with Crippen molar-refractivity contribution in [2.45, 2.75) is 31.9 Å². The summed E-state index contributed by atoms with van der Waals surface area (Å²) in [6, 6.07) is 0. The maximum Gasteiger partial charge on any atom is 0.203 e. The van der Waals surface area contributed by atoms with Gasteiger partial charge in [-0.2, -0.15) is 0 Å². The van der Waals surface area contributed by atoms with E-state index in [9.17, 15) is 0 Å². The Labute approximate surface area is 99.0 Å². The molecule has 1 N–H and O–H groups in total. The van der Waals surface area contributed by atoms with Crippen molar-refractivity contribution in [2.75, 3.05) is 11.9 Å². The van der Waals surface area contributed by atoms with Crippen molar-refractivity contribution in [1.82, 2.24) is 19.6 Å². The molecule has 6 heteroatoms. The molecular formula is C11H15N5O. The molecular weight excluding hydrogens is 218 g/mol. The Balaban J connectivity index is 1.97. The molecule has 1 aliphatic heterocycles. The average molecular weight is 233 g/mol. The predicted molar refractivity (Wildman–Crippen MR) is 62.8 cm³/mol. The monoisotopic (exact) mass is 233 g/mol. The minimum absolute atomic E-state index is 0.0964. The number of aromatic nitrogens is 4. The van der Waals surface area contributed by atoms with Gasteiger partial charge >= 0.3 is 0 Å². The fourth-order valence-corrected chi connectivity index (χ4v) is 2.12. The first-order valence-corrected chi connectivity index (χ1v) is 5.73. The van der Waals surface area contributed by atoms with Gasteiger partial charge in [0.05, 0.1) is 11.6 Å². The molecule has 17 heavy (non-hydrogen) atoms. The summed E-state index contributed by atoms with van der Waals surface area (Å²) in [5, 5.41) is 11.4. The third kappa shape index (κ3) is 1.64. The van der Waals surface area contributed by atoms with E-state index in [1.54, 1.807) is 12.5 Å². The highest BCUT2D eigenvalue weighted by molar-refractivity contribution is 5.62. The molecule has 0 aromatic carbocycles. The third-order valence-corrected chi connectivity index (χ3v) is 3.51. The van der Waals surface area contributed by atoms with E-state index in [1.165, 1.54) is 0 Å². The summed E-state index contributed by atoms with van der Waals surface area (Å²) in [5.41, 5.74) is 0.647. The Morgan fingerprint density at radius 2 is 2.47 bits per heavy atom. The molecule has 2 aromatic heterocycles. The first-order chi connectivity index (χ1) is 8.19. The van der Waals surface area contributed by atoms with Gasteiger partial charge in [-0.1, -0.05) is 0 Å². The Morgan fingerprint density at radius 3 is 3.24 bits per heavy atom. The van der Waals surface area contributed by atoms with E-state index in [0.717, 1.165) is 24.5 Å². The van der Waals surface area contributed by atoms with E-state index in [0.29, 0.717) is 0 Å². The zero-order valence-electron chi connectivity index (χ0n) is 9.92. The lowest BCUT2D eigenvalue weighted by molar-refractivity contribution is 0.105. The number of hydrogen-bond donors (Lipinski definition) is 1. The number of fused-ring (bicyclic) bond motifs is 1. The van der Waals surface area contributed by atoms with Gasteiger partial charge in [-0.15, -0.1) is 10.2 Å². The highest BCUT2D eigenvalue weighted by Crippen LogP contribution is 2.29. The second kappa shape index (κ2) is 3.66. The number of hydrogen-bond acceptors (Lipinski definition) is 5. The van der Waals surface area contributed by atoms with Crippen LogP contribution in [0.4, 0.5) is 5.82 Å². The van der Waals surface area contributed by atoms with Crippen LogP contribution in [-0.2, 0) is 4.74 Å². The van der Waals surface area contributed by atoms with E-state index in [4.69, 9.17) is 4.74 Å². The second-order valence-electron chi connectivity index (χ2n) is 4.64. The van der Waals surface area contributed by atoms with Crippen LogP contribution in [0.2, 0.25) is 0 Å². The lowest BCUT2D eigenvalue weighted by atomic mass is 9.95. The molecule has 2 aromatic rings. The van der Waals surface area contributed by atoms with Crippen LogP contribution in [0.3, 0.4) is 0 Å². The topological polar surface area (TPSA) is 64.3 Å². The fraction of sp³-hybridized carbons (Fsp3) is 0.545. The van der Waals surface area contributed by atoms with Crippen LogP contribution in [0.25, 0.3) is 5.65 Å². The number of anilines is 1. The van der Waals surface area contributed by atoms with E-state index < -0.39 is 0 Å². The molecule has 6 nitrogen and oxygen atoms in total. The molecule has 3 rings (SSSR count). The van der Waals surface area contributed by atoms with Crippen LogP contribution < -0.4 is 5.32 Å². The van der Waals surface area contributed by atoms with Crippen molar-refractivity contribution >= 4 is 11.5 Å². The molecule has 3 heterocycles. The number of nitrogens with zero attached hydrogens (tertiary/aromatic N) is 4. The van der Waals surface area contributed by atoms with Gasteiger partial charge in [0.2, 0.25) is 5.65 Å². The van der Waals surface area contributed by atoms with Crippen LogP contribution >= 0.6 is 0 Å². The minimum Gasteiger partial charge on any atom is -0.376 e. The standard InChI is InChI=1S/C11H15N5O/c1-8-11(2,3-6-17-8)14-9-10-15-13-7-16(10)5-4-12-9/h4-5,7-8H,3,6H2,1-2H3,(H,12,14). The van der Waals surface area contributed by atoms with Crippen molar-refractivity contribution in [3.63, 3.8) is 0 Å². The lowest BCUT2D eigenvalue weighted by Crippen LogP contribution is -2.41. The molecule has 1 fully saturated rings. The molecule has 0 radical (unpaired) electrons. The summed E-state index contributed by atoms with van der Waals surface area (Å²) in [6.45, 7) is 5.00. The molecule has 2 atom stereocenters. The Morgan fingerprint density at radius 1 is 1.59 bits per heavy atom. The van der Waals surface area contributed by atoms with Crippen molar-refractivity contribution in [3.05, 3.63) is 18.7 Å². The van der Waals surface area contributed by atoms with Gasteiger partial charge in [0, 0.05) is 19.0 Å². The summed E-state index contributed by atoms with van der Waals surface area (Å²) in [5.74, 6) is 0.754. The van der Waals surface area contributed by atoms with Crippen LogP contribution in [0.5, 0.6) is 0 Å². The van der Waals surface area contributed by atoms with Crippen molar-refractivity contribution in [3.8, 4) is 0 Å². The van der Waals surface area contributed by atoms with Crippen molar-refractivity contribution in [2.24, 2.45) is 0 Å². The van der Waals surface area contributed by atoms with Gasteiger partial charge in [-0.25, -0.2) is 4.98 Å². The van der Waals surface area contributed by atoms with Crippen LogP contribution in [0.1, 0.15) is 20.3 Å². The lowest BCUT2D eigenvalue weighted by Gasteiger charge is -2.29. The molecule has 2 unspecified atom stereocenters. The molecule has 90 valence electrons. The average Bonchev–Trinajstić information content (AvgIpc) is 2.88. The molecule has 0 spiro atoms. The quantitative estimate of drug-likeness (QED) is 0.841. The van der Waals surface area contributed by atoms with Crippen LogP contribution in [-0.4, -0.2) is 37.8 Å². The van der Waals surface area contributed by atoms with E-state index in [-0.39, 0.29) is 11.6 Å². The molecule has 0 amide bonds. The van der Waals surface area contributed by atoms with Gasteiger partial charge in [-0.3, -0.25) is 4.40 Å². The largest absolute Gasteiger partial charge is 0.376 e. The SMILES string of the molecule is CC1OCCC1(C)Nc1nccn2cnnc12. The summed E-state index contributed by atoms with van der Waals surface area (Å²) in [7, 11) is 0. The fourth-order valence-electron chi connectivity index (χ4n) is 2.12. The van der Waals surface area contributed by atoms with Crippen LogP contribution in [0.15, 0.2) is 18.7 Å². The predicted octanol–water partition coefficient (Wildman–Crippen LogP) is 1.10. The summed E-state index contributed by atoms with van der Waals surface area (Å²) in [6.07, 6.45) is 6.36. The number of nitrogens with one attached hydrogen (secondary N) is 1. The Kier molecular flexibility index (Phi) is 2.25. The van der Waals surface area contributed by atoms with E-state index in [1.807, 2.05) is 10.6 Å². The van der Waals surface area contributed by atoms with Crippen molar-refractivity contribution in [1.29, 1.82) is 0 Å². The Hall–Kier alpha value is -1.69. The first kappa shape index (κ1) is 10.5. The van der Waals surface area contributed by atoms with E-state index in [2.05, 4.69) is 34.3 Å². The van der Waals surface area contributed by atoms with Gasteiger partial charge in [0.1, 0.15) is 6.33 Å².